The molecular formula is C12H23ClO6. The fraction of sp³-hybridized carbons (Fsp3) is 0.917. The van der Waals surface area contributed by atoms with E-state index < -0.39 is 5.43 Å². The quantitative estimate of drug-likeness (QED) is 0.382. The van der Waals surface area contributed by atoms with E-state index in [9.17, 15) is 4.79 Å². The van der Waals surface area contributed by atoms with E-state index in [4.69, 9.17) is 30.5 Å². The monoisotopic (exact) mass is 298 g/mol. The van der Waals surface area contributed by atoms with Gasteiger partial charge in [0.05, 0.1) is 52.4 Å². The Labute approximate surface area is 119 Å². The van der Waals surface area contributed by atoms with Crippen LogP contribution in [0.25, 0.3) is 0 Å². The minimum Gasteiger partial charge on any atom is -0.451 e. The van der Waals surface area contributed by atoms with Gasteiger partial charge in [-0.15, -0.1) is 0 Å². The normalized spacial score (nSPS) is 10.9. The van der Waals surface area contributed by atoms with Gasteiger partial charge in [-0.1, -0.05) is 0 Å². The Balaban J connectivity index is 2.97. The highest BCUT2D eigenvalue weighted by Gasteiger charge is 1.96. The molecule has 0 saturated carbocycles. The number of carbonyl (C=O) groups excluding carboxylic acids is 1. The zero-order chi connectivity index (χ0) is 14.3. The van der Waals surface area contributed by atoms with E-state index in [0.717, 1.165) is 0 Å². The molecule has 0 aliphatic carbocycles. The van der Waals surface area contributed by atoms with Crippen LogP contribution < -0.4 is 0 Å². The van der Waals surface area contributed by atoms with Gasteiger partial charge in [-0.25, -0.2) is 4.79 Å². The maximum absolute atomic E-state index is 10.2. The molecule has 0 amide bonds. The molecule has 0 aliphatic rings. The molecule has 0 N–H and O–H groups in total. The summed E-state index contributed by atoms with van der Waals surface area (Å²) in [6, 6.07) is 0. The summed E-state index contributed by atoms with van der Waals surface area (Å²) >= 11 is 4.96. The summed E-state index contributed by atoms with van der Waals surface area (Å²) in [4.78, 5) is 10.2. The van der Waals surface area contributed by atoms with E-state index in [1.54, 1.807) is 0 Å². The topological polar surface area (TPSA) is 63.2 Å². The highest BCUT2D eigenvalue weighted by molar-refractivity contribution is 6.61. The Morgan fingerprint density at radius 3 is 1.68 bits per heavy atom. The second-order valence-corrected chi connectivity index (χ2v) is 4.15. The van der Waals surface area contributed by atoms with Crippen LogP contribution in [-0.4, -0.2) is 64.4 Å². The van der Waals surface area contributed by atoms with Gasteiger partial charge in [-0.05, 0) is 13.8 Å². The first-order valence-electron chi connectivity index (χ1n) is 6.30. The molecule has 0 heterocycles. The lowest BCUT2D eigenvalue weighted by Gasteiger charge is -2.08. The summed E-state index contributed by atoms with van der Waals surface area (Å²) in [5.41, 5.74) is -0.821. The standard InChI is InChI=1S/C12H23ClO6/c1-11(2)18-9-7-16-5-3-15-4-6-17-8-10-19-12(13)14/h11H,3-10H2,1-2H3. The average Bonchev–Trinajstić information content (AvgIpc) is 2.34. The predicted octanol–water partition coefficient (Wildman–Crippen LogP) is 1.84. The molecule has 0 fully saturated rings. The van der Waals surface area contributed by atoms with Crippen LogP contribution in [-0.2, 0) is 23.7 Å². The molecule has 0 saturated heterocycles. The van der Waals surface area contributed by atoms with E-state index in [2.05, 4.69) is 4.74 Å². The fourth-order valence-electron chi connectivity index (χ4n) is 1.07. The lowest BCUT2D eigenvalue weighted by atomic mass is 10.5. The molecule has 0 bridgehead atoms. The Hall–Kier alpha value is -0.400. The molecule has 0 aromatic carbocycles. The minimum atomic E-state index is -0.821. The molecule has 19 heavy (non-hydrogen) atoms. The van der Waals surface area contributed by atoms with Gasteiger partial charge in [0.15, 0.2) is 0 Å². The van der Waals surface area contributed by atoms with Crippen LogP contribution in [0.5, 0.6) is 0 Å². The van der Waals surface area contributed by atoms with E-state index in [0.29, 0.717) is 46.2 Å². The second kappa shape index (κ2) is 14.0. The van der Waals surface area contributed by atoms with E-state index in [1.807, 2.05) is 13.8 Å². The zero-order valence-corrected chi connectivity index (χ0v) is 12.3. The number of hydrogen-bond acceptors (Lipinski definition) is 6. The van der Waals surface area contributed by atoms with Crippen molar-refractivity contribution in [2.75, 3.05) is 52.9 Å². The lowest BCUT2D eigenvalue weighted by Crippen LogP contribution is -2.14. The minimum absolute atomic E-state index is 0.154. The van der Waals surface area contributed by atoms with Crippen LogP contribution in [0.2, 0.25) is 0 Å². The van der Waals surface area contributed by atoms with Crippen LogP contribution in [0.3, 0.4) is 0 Å². The SMILES string of the molecule is CC(C)OCCOCCOCCOCCOC(=O)Cl. The summed E-state index contributed by atoms with van der Waals surface area (Å²) in [6.45, 7) is 7.56. The van der Waals surface area contributed by atoms with E-state index >= 15 is 0 Å². The number of carbonyl (C=O) groups is 1. The Bertz CT molecular complexity index is 212. The third kappa shape index (κ3) is 17.6. The lowest BCUT2D eigenvalue weighted by molar-refractivity contribution is -0.0142. The van der Waals surface area contributed by atoms with Crippen molar-refractivity contribution in [2.24, 2.45) is 0 Å². The van der Waals surface area contributed by atoms with Crippen LogP contribution in [0.4, 0.5) is 4.79 Å². The molecular weight excluding hydrogens is 276 g/mol. The molecule has 0 aliphatic heterocycles. The Morgan fingerprint density at radius 1 is 0.842 bits per heavy atom. The van der Waals surface area contributed by atoms with Gasteiger partial charge in [0, 0.05) is 11.6 Å². The van der Waals surface area contributed by atoms with Crippen LogP contribution >= 0.6 is 11.6 Å². The smallest absolute Gasteiger partial charge is 0.403 e. The molecule has 114 valence electrons. The van der Waals surface area contributed by atoms with Gasteiger partial charge in [-0.3, -0.25) is 0 Å². The summed E-state index contributed by atoms with van der Waals surface area (Å²) in [6.07, 6.45) is 0.232. The third-order valence-corrected chi connectivity index (χ3v) is 1.98. The van der Waals surface area contributed by atoms with Crippen molar-refractivity contribution in [3.8, 4) is 0 Å². The van der Waals surface area contributed by atoms with Crippen LogP contribution in [0.1, 0.15) is 13.8 Å². The molecule has 0 unspecified atom stereocenters. The zero-order valence-electron chi connectivity index (χ0n) is 11.6. The van der Waals surface area contributed by atoms with Crippen molar-refractivity contribution in [3.05, 3.63) is 0 Å². The van der Waals surface area contributed by atoms with E-state index in [1.165, 1.54) is 0 Å². The molecule has 0 rings (SSSR count). The Kier molecular flexibility index (Phi) is 13.7. The largest absolute Gasteiger partial charge is 0.451 e. The van der Waals surface area contributed by atoms with Crippen molar-refractivity contribution in [3.63, 3.8) is 0 Å². The highest BCUT2D eigenvalue weighted by atomic mass is 35.5. The van der Waals surface area contributed by atoms with Crippen molar-refractivity contribution in [1.29, 1.82) is 0 Å². The first-order chi connectivity index (χ1) is 9.13. The van der Waals surface area contributed by atoms with Gasteiger partial charge in [0.25, 0.3) is 0 Å². The molecule has 0 spiro atoms. The number of hydrogen-bond donors (Lipinski definition) is 0. The summed E-state index contributed by atoms with van der Waals surface area (Å²) in [5, 5.41) is 0. The molecule has 7 heteroatoms. The predicted molar refractivity (Wildman–Crippen MR) is 70.7 cm³/mol. The second-order valence-electron chi connectivity index (χ2n) is 3.84. The van der Waals surface area contributed by atoms with E-state index in [-0.39, 0.29) is 12.7 Å². The van der Waals surface area contributed by atoms with Gasteiger partial charge < -0.3 is 23.7 Å². The molecule has 0 aromatic heterocycles. The van der Waals surface area contributed by atoms with Gasteiger partial charge in [-0.2, -0.15) is 0 Å². The summed E-state index contributed by atoms with van der Waals surface area (Å²) in [7, 11) is 0. The first kappa shape index (κ1) is 18.6. The summed E-state index contributed by atoms with van der Waals surface area (Å²) < 4.78 is 25.5. The highest BCUT2D eigenvalue weighted by Crippen LogP contribution is 1.88. The fourth-order valence-corrected chi connectivity index (χ4v) is 1.14. The van der Waals surface area contributed by atoms with Crippen molar-refractivity contribution in [2.45, 2.75) is 20.0 Å². The average molecular weight is 299 g/mol. The summed E-state index contributed by atoms with van der Waals surface area (Å²) in [5.74, 6) is 0. The van der Waals surface area contributed by atoms with Gasteiger partial charge >= 0.3 is 5.43 Å². The van der Waals surface area contributed by atoms with Crippen molar-refractivity contribution >= 4 is 17.0 Å². The van der Waals surface area contributed by atoms with Gasteiger partial charge in [0.2, 0.25) is 0 Å². The maximum atomic E-state index is 10.2. The molecule has 0 radical (unpaired) electrons. The van der Waals surface area contributed by atoms with Crippen LogP contribution in [0.15, 0.2) is 0 Å². The number of rotatable bonds is 13. The van der Waals surface area contributed by atoms with Crippen LogP contribution in [0, 0.1) is 0 Å². The molecule has 0 aromatic rings. The maximum Gasteiger partial charge on any atom is 0.403 e. The first-order valence-corrected chi connectivity index (χ1v) is 6.67. The Morgan fingerprint density at radius 2 is 1.26 bits per heavy atom. The number of ether oxygens (including phenoxy) is 5. The number of halogens is 1. The molecule has 0 atom stereocenters. The van der Waals surface area contributed by atoms with Gasteiger partial charge in [0.1, 0.15) is 6.61 Å². The molecule has 6 nitrogen and oxygen atoms in total. The van der Waals surface area contributed by atoms with Crippen molar-refractivity contribution in [1.82, 2.24) is 0 Å². The third-order valence-electron chi connectivity index (χ3n) is 1.87. The van der Waals surface area contributed by atoms with Crippen molar-refractivity contribution < 1.29 is 28.5 Å².